The number of aryl methyl sites for hydroxylation is 1. The molecule has 0 bridgehead atoms. The van der Waals surface area contributed by atoms with Gasteiger partial charge in [-0.05, 0) is 38.8 Å². The van der Waals surface area contributed by atoms with E-state index in [0.717, 1.165) is 31.2 Å². The fourth-order valence-electron chi connectivity index (χ4n) is 2.82. The number of rotatable bonds is 1. The first kappa shape index (κ1) is 10.6. The van der Waals surface area contributed by atoms with Crippen LogP contribution in [0.2, 0.25) is 5.15 Å². The lowest BCUT2D eigenvalue weighted by molar-refractivity contribution is 0.454. The molecule has 0 spiro atoms. The SMILES string of the molecule is Clc1c(C2CCNCC2)nc2n1CCCC2. The third-order valence-corrected chi connectivity index (χ3v) is 4.17. The van der Waals surface area contributed by atoms with Gasteiger partial charge in [0.1, 0.15) is 11.0 Å². The van der Waals surface area contributed by atoms with Crippen LogP contribution in [0.15, 0.2) is 0 Å². The number of hydrogen-bond acceptors (Lipinski definition) is 2. The van der Waals surface area contributed by atoms with E-state index < -0.39 is 0 Å². The molecule has 0 aromatic carbocycles. The summed E-state index contributed by atoms with van der Waals surface area (Å²) in [7, 11) is 0. The van der Waals surface area contributed by atoms with Crippen LogP contribution in [-0.4, -0.2) is 22.6 Å². The Labute approximate surface area is 101 Å². The minimum Gasteiger partial charge on any atom is -0.319 e. The maximum absolute atomic E-state index is 6.46. The van der Waals surface area contributed by atoms with E-state index in [1.54, 1.807) is 0 Å². The molecule has 1 aromatic rings. The summed E-state index contributed by atoms with van der Waals surface area (Å²) in [6.45, 7) is 3.26. The van der Waals surface area contributed by atoms with Crippen LogP contribution in [0.4, 0.5) is 0 Å². The molecule has 2 aliphatic heterocycles. The highest BCUT2D eigenvalue weighted by Crippen LogP contribution is 2.33. The number of hydrogen-bond donors (Lipinski definition) is 1. The van der Waals surface area contributed by atoms with Crippen molar-refractivity contribution in [1.82, 2.24) is 14.9 Å². The second-order valence-electron chi connectivity index (χ2n) is 4.84. The largest absolute Gasteiger partial charge is 0.319 e. The lowest BCUT2D eigenvalue weighted by Gasteiger charge is -2.21. The molecule has 3 nitrogen and oxygen atoms in total. The first-order chi connectivity index (χ1) is 7.86. The number of aromatic nitrogens is 2. The first-order valence-corrected chi connectivity index (χ1v) is 6.69. The molecule has 3 heterocycles. The molecule has 0 atom stereocenters. The van der Waals surface area contributed by atoms with Crippen molar-refractivity contribution in [3.8, 4) is 0 Å². The smallest absolute Gasteiger partial charge is 0.132 e. The van der Waals surface area contributed by atoms with Gasteiger partial charge in [0.25, 0.3) is 0 Å². The Morgan fingerprint density at radius 1 is 1.25 bits per heavy atom. The summed E-state index contributed by atoms with van der Waals surface area (Å²) in [6.07, 6.45) is 5.96. The van der Waals surface area contributed by atoms with Gasteiger partial charge in [0, 0.05) is 18.9 Å². The lowest BCUT2D eigenvalue weighted by atomic mass is 9.95. The molecular weight excluding hydrogens is 222 g/mol. The summed E-state index contributed by atoms with van der Waals surface area (Å²) in [6, 6.07) is 0. The van der Waals surface area contributed by atoms with Gasteiger partial charge < -0.3 is 9.88 Å². The average Bonchev–Trinajstić information content (AvgIpc) is 2.69. The van der Waals surface area contributed by atoms with Crippen molar-refractivity contribution in [1.29, 1.82) is 0 Å². The van der Waals surface area contributed by atoms with E-state index in [9.17, 15) is 0 Å². The van der Waals surface area contributed by atoms with Gasteiger partial charge in [0.2, 0.25) is 0 Å². The average molecular weight is 240 g/mol. The van der Waals surface area contributed by atoms with Crippen molar-refractivity contribution < 1.29 is 0 Å². The number of nitrogens with zero attached hydrogens (tertiary/aromatic N) is 2. The fraction of sp³-hybridized carbons (Fsp3) is 0.750. The monoisotopic (exact) mass is 239 g/mol. The van der Waals surface area contributed by atoms with Crippen molar-refractivity contribution in [2.45, 2.75) is 44.6 Å². The molecule has 1 saturated heterocycles. The van der Waals surface area contributed by atoms with Crippen LogP contribution in [0.1, 0.15) is 43.1 Å². The minimum absolute atomic E-state index is 0.576. The molecule has 16 heavy (non-hydrogen) atoms. The predicted molar refractivity (Wildman–Crippen MR) is 65.0 cm³/mol. The van der Waals surface area contributed by atoms with Crippen molar-refractivity contribution >= 4 is 11.6 Å². The predicted octanol–water partition coefficient (Wildman–Crippen LogP) is 2.34. The van der Waals surface area contributed by atoms with Crippen molar-refractivity contribution in [3.63, 3.8) is 0 Å². The Bertz CT molecular complexity index is 380. The zero-order valence-corrected chi connectivity index (χ0v) is 10.3. The number of nitrogens with one attached hydrogen (secondary N) is 1. The summed E-state index contributed by atoms with van der Waals surface area (Å²) in [4.78, 5) is 4.78. The Kier molecular flexibility index (Phi) is 2.90. The molecular formula is C12H18ClN3. The van der Waals surface area contributed by atoms with Crippen LogP contribution in [0.5, 0.6) is 0 Å². The van der Waals surface area contributed by atoms with Crippen LogP contribution in [0, 0.1) is 0 Å². The van der Waals surface area contributed by atoms with E-state index in [4.69, 9.17) is 16.6 Å². The zero-order chi connectivity index (χ0) is 11.0. The van der Waals surface area contributed by atoms with E-state index in [1.807, 2.05) is 0 Å². The quantitative estimate of drug-likeness (QED) is 0.815. The van der Waals surface area contributed by atoms with Crippen LogP contribution < -0.4 is 5.32 Å². The van der Waals surface area contributed by atoms with Crippen LogP contribution >= 0.6 is 11.6 Å². The molecule has 1 fully saturated rings. The number of halogens is 1. The van der Waals surface area contributed by atoms with Crippen LogP contribution in [0.3, 0.4) is 0 Å². The van der Waals surface area contributed by atoms with Crippen molar-refractivity contribution in [3.05, 3.63) is 16.7 Å². The van der Waals surface area contributed by atoms with E-state index in [1.165, 1.54) is 37.2 Å². The number of piperidine rings is 1. The molecule has 0 radical (unpaired) electrons. The molecule has 88 valence electrons. The van der Waals surface area contributed by atoms with Gasteiger partial charge in [0.05, 0.1) is 5.69 Å². The van der Waals surface area contributed by atoms with E-state index in [2.05, 4.69) is 9.88 Å². The van der Waals surface area contributed by atoms with Gasteiger partial charge in [-0.2, -0.15) is 0 Å². The summed E-state index contributed by atoms with van der Waals surface area (Å²) in [5.41, 5.74) is 1.17. The number of fused-ring (bicyclic) bond motifs is 1. The lowest BCUT2D eigenvalue weighted by Crippen LogP contribution is -2.26. The second-order valence-corrected chi connectivity index (χ2v) is 5.20. The topological polar surface area (TPSA) is 29.9 Å². The summed E-state index contributed by atoms with van der Waals surface area (Å²) < 4.78 is 2.22. The van der Waals surface area contributed by atoms with Crippen molar-refractivity contribution in [2.75, 3.05) is 13.1 Å². The van der Waals surface area contributed by atoms with Crippen LogP contribution in [0.25, 0.3) is 0 Å². The van der Waals surface area contributed by atoms with Gasteiger partial charge in [0.15, 0.2) is 0 Å². The van der Waals surface area contributed by atoms with Crippen molar-refractivity contribution in [2.24, 2.45) is 0 Å². The van der Waals surface area contributed by atoms with Gasteiger partial charge in [-0.15, -0.1) is 0 Å². The summed E-state index contributed by atoms with van der Waals surface area (Å²) in [5.74, 6) is 1.79. The summed E-state index contributed by atoms with van der Waals surface area (Å²) in [5, 5.41) is 4.31. The van der Waals surface area contributed by atoms with E-state index in [0.29, 0.717) is 5.92 Å². The number of imidazole rings is 1. The van der Waals surface area contributed by atoms with Gasteiger partial charge in [-0.1, -0.05) is 11.6 Å². The van der Waals surface area contributed by atoms with Gasteiger partial charge in [-0.3, -0.25) is 0 Å². The highest BCUT2D eigenvalue weighted by Gasteiger charge is 2.25. The molecule has 4 heteroatoms. The molecule has 3 rings (SSSR count). The highest BCUT2D eigenvalue weighted by atomic mass is 35.5. The first-order valence-electron chi connectivity index (χ1n) is 6.32. The minimum atomic E-state index is 0.576. The molecule has 1 aromatic heterocycles. The maximum atomic E-state index is 6.46. The normalized spacial score (nSPS) is 22.1. The molecule has 0 saturated carbocycles. The Balaban J connectivity index is 1.91. The molecule has 0 aliphatic carbocycles. The molecule has 2 aliphatic rings. The van der Waals surface area contributed by atoms with E-state index >= 15 is 0 Å². The summed E-state index contributed by atoms with van der Waals surface area (Å²) >= 11 is 6.46. The fourth-order valence-corrected chi connectivity index (χ4v) is 3.20. The molecule has 0 unspecified atom stereocenters. The highest BCUT2D eigenvalue weighted by molar-refractivity contribution is 6.30. The second kappa shape index (κ2) is 4.38. The zero-order valence-electron chi connectivity index (χ0n) is 9.51. The third-order valence-electron chi connectivity index (χ3n) is 3.77. The standard InChI is InChI=1S/C12H18ClN3/c13-12-11(9-4-6-14-7-5-9)15-10-3-1-2-8-16(10)12/h9,14H,1-8H2. The Hall–Kier alpha value is -0.540. The van der Waals surface area contributed by atoms with E-state index in [-0.39, 0.29) is 0 Å². The molecule has 0 amide bonds. The van der Waals surface area contributed by atoms with Gasteiger partial charge in [-0.25, -0.2) is 4.98 Å². The van der Waals surface area contributed by atoms with Crippen LogP contribution in [-0.2, 0) is 13.0 Å². The van der Waals surface area contributed by atoms with Gasteiger partial charge >= 0.3 is 0 Å². The Morgan fingerprint density at radius 2 is 2.06 bits per heavy atom. The third kappa shape index (κ3) is 1.76. The maximum Gasteiger partial charge on any atom is 0.132 e. The molecule has 1 N–H and O–H groups in total. The Morgan fingerprint density at radius 3 is 2.81 bits per heavy atom.